The Labute approximate surface area is 99.2 Å². The van der Waals surface area contributed by atoms with E-state index >= 15 is 0 Å². The SMILES string of the molecule is CNCCC(=O)NCCc1ccc(F)cc1F. The summed E-state index contributed by atoms with van der Waals surface area (Å²) in [4.78, 5) is 11.2. The molecule has 0 saturated heterocycles. The Bertz CT molecular complexity index is 383. The predicted octanol–water partition coefficient (Wildman–Crippen LogP) is 1.23. The highest BCUT2D eigenvalue weighted by molar-refractivity contribution is 5.76. The maximum atomic E-state index is 13.2. The van der Waals surface area contributed by atoms with Crippen molar-refractivity contribution in [2.24, 2.45) is 0 Å². The highest BCUT2D eigenvalue weighted by Crippen LogP contribution is 2.09. The Morgan fingerprint density at radius 3 is 2.71 bits per heavy atom. The Balaban J connectivity index is 2.33. The van der Waals surface area contributed by atoms with E-state index in [1.807, 2.05) is 0 Å². The van der Waals surface area contributed by atoms with E-state index in [1.165, 1.54) is 12.1 Å². The van der Waals surface area contributed by atoms with Gasteiger partial charge in [-0.05, 0) is 25.1 Å². The number of amides is 1. The van der Waals surface area contributed by atoms with Crippen LogP contribution in [0.1, 0.15) is 12.0 Å². The third kappa shape index (κ3) is 4.91. The summed E-state index contributed by atoms with van der Waals surface area (Å²) in [6.07, 6.45) is 0.750. The highest BCUT2D eigenvalue weighted by atomic mass is 19.1. The fourth-order valence-corrected chi connectivity index (χ4v) is 1.39. The standard InChI is InChI=1S/C12H16F2N2O/c1-15-6-5-12(17)16-7-4-9-2-3-10(13)8-11(9)14/h2-3,8,15H,4-7H2,1H3,(H,16,17). The van der Waals surface area contributed by atoms with Crippen LogP contribution in [0.5, 0.6) is 0 Å². The molecule has 0 unspecified atom stereocenters. The molecule has 0 fully saturated rings. The molecule has 17 heavy (non-hydrogen) atoms. The van der Waals surface area contributed by atoms with Gasteiger partial charge in [-0.1, -0.05) is 6.07 Å². The van der Waals surface area contributed by atoms with E-state index in [4.69, 9.17) is 0 Å². The summed E-state index contributed by atoms with van der Waals surface area (Å²) in [5, 5.41) is 5.53. The largest absolute Gasteiger partial charge is 0.356 e. The van der Waals surface area contributed by atoms with Gasteiger partial charge in [-0.2, -0.15) is 0 Å². The van der Waals surface area contributed by atoms with Gasteiger partial charge in [-0.3, -0.25) is 4.79 Å². The van der Waals surface area contributed by atoms with Gasteiger partial charge in [0.1, 0.15) is 11.6 Å². The summed E-state index contributed by atoms with van der Waals surface area (Å²) in [5.41, 5.74) is 0.403. The van der Waals surface area contributed by atoms with Crippen LogP contribution < -0.4 is 10.6 Å². The zero-order valence-electron chi connectivity index (χ0n) is 9.72. The number of hydrogen-bond donors (Lipinski definition) is 2. The van der Waals surface area contributed by atoms with Crippen molar-refractivity contribution in [1.82, 2.24) is 10.6 Å². The molecule has 1 aromatic carbocycles. The van der Waals surface area contributed by atoms with Gasteiger partial charge in [-0.25, -0.2) is 8.78 Å². The number of hydrogen-bond acceptors (Lipinski definition) is 2. The van der Waals surface area contributed by atoms with Crippen molar-refractivity contribution in [2.75, 3.05) is 20.1 Å². The lowest BCUT2D eigenvalue weighted by Crippen LogP contribution is -2.28. The number of carbonyl (C=O) groups is 1. The van der Waals surface area contributed by atoms with Crippen LogP contribution in [0.25, 0.3) is 0 Å². The van der Waals surface area contributed by atoms with Gasteiger partial charge in [0.2, 0.25) is 5.91 Å². The minimum atomic E-state index is -0.593. The van der Waals surface area contributed by atoms with Crippen LogP contribution in [0.4, 0.5) is 8.78 Å². The average Bonchev–Trinajstić information content (AvgIpc) is 2.29. The highest BCUT2D eigenvalue weighted by Gasteiger charge is 2.04. The molecule has 0 spiro atoms. The molecule has 2 N–H and O–H groups in total. The van der Waals surface area contributed by atoms with E-state index in [2.05, 4.69) is 10.6 Å². The van der Waals surface area contributed by atoms with E-state index in [0.717, 1.165) is 6.07 Å². The summed E-state index contributed by atoms with van der Waals surface area (Å²) < 4.78 is 25.8. The lowest BCUT2D eigenvalue weighted by molar-refractivity contribution is -0.120. The van der Waals surface area contributed by atoms with Gasteiger partial charge in [-0.15, -0.1) is 0 Å². The summed E-state index contributed by atoms with van der Waals surface area (Å²) >= 11 is 0. The van der Waals surface area contributed by atoms with Crippen molar-refractivity contribution in [3.8, 4) is 0 Å². The molecule has 0 radical (unpaired) electrons. The number of carbonyl (C=O) groups excluding carboxylic acids is 1. The molecule has 0 aromatic heterocycles. The van der Waals surface area contributed by atoms with Crippen molar-refractivity contribution >= 4 is 5.91 Å². The molecule has 1 rings (SSSR count). The van der Waals surface area contributed by atoms with Crippen LogP contribution in [0.15, 0.2) is 18.2 Å². The van der Waals surface area contributed by atoms with E-state index in [9.17, 15) is 13.6 Å². The Kier molecular flexibility index (Phi) is 5.56. The quantitative estimate of drug-likeness (QED) is 0.788. The molecule has 0 saturated carbocycles. The van der Waals surface area contributed by atoms with Crippen LogP contribution in [0.3, 0.4) is 0 Å². The first-order valence-corrected chi connectivity index (χ1v) is 5.48. The fraction of sp³-hybridized carbons (Fsp3) is 0.417. The monoisotopic (exact) mass is 242 g/mol. The number of benzene rings is 1. The molecule has 5 heteroatoms. The summed E-state index contributed by atoms with van der Waals surface area (Å²) in [6.45, 7) is 0.960. The molecule has 0 bridgehead atoms. The number of nitrogens with one attached hydrogen (secondary N) is 2. The van der Waals surface area contributed by atoms with Crippen molar-refractivity contribution in [3.63, 3.8) is 0 Å². The van der Waals surface area contributed by atoms with Gasteiger partial charge >= 0.3 is 0 Å². The maximum absolute atomic E-state index is 13.2. The normalized spacial score (nSPS) is 10.3. The predicted molar refractivity (Wildman–Crippen MR) is 61.6 cm³/mol. The van der Waals surface area contributed by atoms with Gasteiger partial charge in [0, 0.05) is 25.6 Å². The molecule has 3 nitrogen and oxygen atoms in total. The second-order valence-corrected chi connectivity index (χ2v) is 3.69. The minimum Gasteiger partial charge on any atom is -0.356 e. The Morgan fingerprint density at radius 2 is 2.06 bits per heavy atom. The third-order valence-corrected chi connectivity index (χ3v) is 2.33. The smallest absolute Gasteiger partial charge is 0.221 e. The van der Waals surface area contributed by atoms with Gasteiger partial charge in [0.15, 0.2) is 0 Å². The van der Waals surface area contributed by atoms with E-state index in [1.54, 1.807) is 7.05 Å². The first kappa shape index (κ1) is 13.6. The molecule has 1 amide bonds. The van der Waals surface area contributed by atoms with Crippen molar-refractivity contribution in [3.05, 3.63) is 35.4 Å². The lowest BCUT2D eigenvalue weighted by atomic mass is 10.1. The van der Waals surface area contributed by atoms with Crippen LogP contribution in [-0.2, 0) is 11.2 Å². The molecule has 0 aliphatic carbocycles. The molecular formula is C12H16F2N2O. The average molecular weight is 242 g/mol. The molecule has 0 atom stereocenters. The molecule has 1 aromatic rings. The number of rotatable bonds is 6. The fourth-order valence-electron chi connectivity index (χ4n) is 1.39. The number of halogens is 2. The summed E-state index contributed by atoms with van der Waals surface area (Å²) in [6, 6.07) is 3.45. The molecule has 0 aliphatic heterocycles. The van der Waals surface area contributed by atoms with Crippen LogP contribution in [0, 0.1) is 11.6 Å². The van der Waals surface area contributed by atoms with Crippen LogP contribution in [0.2, 0.25) is 0 Å². The van der Waals surface area contributed by atoms with Crippen molar-refractivity contribution in [2.45, 2.75) is 12.8 Å². The molecular weight excluding hydrogens is 226 g/mol. The van der Waals surface area contributed by atoms with Crippen LogP contribution >= 0.6 is 0 Å². The van der Waals surface area contributed by atoms with Crippen LogP contribution in [-0.4, -0.2) is 26.0 Å². The van der Waals surface area contributed by atoms with E-state index < -0.39 is 11.6 Å². The van der Waals surface area contributed by atoms with Crippen molar-refractivity contribution < 1.29 is 13.6 Å². The van der Waals surface area contributed by atoms with E-state index in [-0.39, 0.29) is 5.91 Å². The van der Waals surface area contributed by atoms with Crippen molar-refractivity contribution in [1.29, 1.82) is 0 Å². The molecule has 94 valence electrons. The second-order valence-electron chi connectivity index (χ2n) is 3.69. The third-order valence-electron chi connectivity index (χ3n) is 2.33. The zero-order chi connectivity index (χ0) is 12.7. The van der Waals surface area contributed by atoms with Gasteiger partial charge in [0.05, 0.1) is 0 Å². The van der Waals surface area contributed by atoms with Gasteiger partial charge < -0.3 is 10.6 Å². The lowest BCUT2D eigenvalue weighted by Gasteiger charge is -2.06. The molecule has 0 aliphatic rings. The molecule has 0 heterocycles. The maximum Gasteiger partial charge on any atom is 0.221 e. The zero-order valence-corrected chi connectivity index (χ0v) is 9.72. The first-order chi connectivity index (χ1) is 8.13. The Hall–Kier alpha value is -1.49. The Morgan fingerprint density at radius 1 is 1.29 bits per heavy atom. The van der Waals surface area contributed by atoms with Gasteiger partial charge in [0.25, 0.3) is 0 Å². The topological polar surface area (TPSA) is 41.1 Å². The second kappa shape index (κ2) is 6.96. The van der Waals surface area contributed by atoms with E-state index in [0.29, 0.717) is 31.5 Å². The summed E-state index contributed by atoms with van der Waals surface area (Å²) in [5.74, 6) is -1.25. The first-order valence-electron chi connectivity index (χ1n) is 5.48. The summed E-state index contributed by atoms with van der Waals surface area (Å²) in [7, 11) is 1.77. The minimum absolute atomic E-state index is 0.0816.